The lowest BCUT2D eigenvalue weighted by Crippen LogP contribution is -2.20. The monoisotopic (exact) mass is 1860 g/mol. The maximum Gasteiger partial charge on any atom is 0.0959 e. The zero-order chi connectivity index (χ0) is 101. The lowest BCUT2D eigenvalue weighted by molar-refractivity contribution is 0.882. The predicted molar refractivity (Wildman–Crippen MR) is 622 cm³/mol. The van der Waals surface area contributed by atoms with Crippen LogP contribution in [0.3, 0.4) is 0 Å². The summed E-state index contributed by atoms with van der Waals surface area (Å²) in [6, 6.07) is 134. The Morgan fingerprint density at radius 2 is 0.596 bits per heavy atom. The number of nitrogens with zero attached hydrogens (tertiary/aromatic N) is 8. The molecule has 0 spiro atoms. The van der Waals surface area contributed by atoms with E-state index in [2.05, 4.69) is 473 Å². The van der Waals surface area contributed by atoms with E-state index in [-0.39, 0.29) is 0 Å². The van der Waals surface area contributed by atoms with Gasteiger partial charge in [-0.25, -0.2) is 0 Å². The topological polar surface area (TPSA) is 42.3 Å². The van der Waals surface area contributed by atoms with Crippen molar-refractivity contribution in [3.05, 3.63) is 438 Å². The van der Waals surface area contributed by atoms with Crippen molar-refractivity contribution < 1.29 is 0 Å². The average molecular weight is 1860 g/mol. The highest BCUT2D eigenvalue weighted by atomic mass is 15.1. The molecule has 0 saturated carbocycles. The number of rotatable bonds is 2. The predicted octanol–water partition coefficient (Wildman–Crippen LogP) is 38.1. The molecule has 141 heavy (non-hydrogen) atoms. The summed E-state index contributed by atoms with van der Waals surface area (Å²) >= 11 is 0. The summed E-state index contributed by atoms with van der Waals surface area (Å²) in [7, 11) is 14.9. The molecule has 21 aromatic rings. The number of benzene rings is 16. The van der Waals surface area contributed by atoms with Crippen LogP contribution < -0.4 is 14.7 Å². The number of hydrogen-bond donors (Lipinski definition) is 0. The molecular formula is C133H150N8. The van der Waals surface area contributed by atoms with Crippen molar-refractivity contribution >= 4 is 121 Å². The van der Waals surface area contributed by atoms with Crippen molar-refractivity contribution in [2.75, 3.05) is 35.8 Å². The molecule has 722 valence electrons. The van der Waals surface area contributed by atoms with Gasteiger partial charge in [0.1, 0.15) is 0 Å². The summed E-state index contributed by atoms with van der Waals surface area (Å²) < 4.78 is 9.06. The zero-order valence-corrected chi connectivity index (χ0v) is 89.0. The van der Waals surface area contributed by atoms with E-state index in [1.54, 1.807) is 0 Å². The second-order valence-electron chi connectivity index (χ2n) is 34.0. The molecule has 3 aliphatic carbocycles. The number of para-hydroxylation sites is 10. The summed E-state index contributed by atoms with van der Waals surface area (Å²) in [6.45, 7) is 41.3. The van der Waals surface area contributed by atoms with Crippen LogP contribution in [0.4, 0.5) is 34.1 Å². The Balaban J connectivity index is 0.000000145. The van der Waals surface area contributed by atoms with E-state index in [9.17, 15) is 0 Å². The minimum atomic E-state index is 0.480. The van der Waals surface area contributed by atoms with E-state index in [0.29, 0.717) is 23.7 Å². The third kappa shape index (κ3) is 20.7. The van der Waals surface area contributed by atoms with E-state index in [0.717, 1.165) is 11.9 Å². The van der Waals surface area contributed by atoms with E-state index in [4.69, 9.17) is 0 Å². The summed E-state index contributed by atoms with van der Waals surface area (Å²) in [5.74, 6) is 1.93. The quantitative estimate of drug-likeness (QED) is 0.173. The molecule has 0 radical (unpaired) electrons. The van der Waals surface area contributed by atoms with E-state index in [1.807, 2.05) is 135 Å². The first kappa shape index (κ1) is 105. The zero-order valence-electron chi connectivity index (χ0n) is 89.0. The third-order valence-corrected chi connectivity index (χ3v) is 27.4. The number of aromatic nitrogens is 5. The van der Waals surface area contributed by atoms with Gasteiger partial charge in [-0.15, -0.1) is 0 Å². The Labute approximate surface area is 842 Å². The van der Waals surface area contributed by atoms with Crippen LogP contribution in [-0.4, -0.2) is 44.4 Å². The SMILES string of the molecule is CC.CC.CC.CC.CC.CC.CC.CC.CC1c2ccccc2-c2c1ccc1c2c2ccccc2n1C.CC1c2ccccc2-c2cc3c4ccccc4n(C)c3cc21.CC1c2ccccc2-c2ccc3c(c21)Cc1ccccc1N3C.CC1c2ccccc2N(C)c2ccccc21.CN(c1ccccc1)c1ccccc1.Cn1c2ccccc2c2ccccc21.Cn1c2ccccc2c2ncccc21. The standard InChI is InChI=1S/C22H19N.2C21H17N.C15H15N.C13H11N.C13H13N.C12H10N2.8C2H6/c1-14-16-8-4-5-9-17(16)18-11-12-21-19(22(14)18)13-15-7-3-6-10-20(15)23(21)2;1-13-14-7-3-4-8-15(14)18-11-19-16-9-5-6-10-20(16)22(2)21(19)12-17(13)18;1-13-14-7-3-4-8-16(14)20-15(13)11-12-19-21(20)17-9-5-6-10-18(17)22(19)2;1-11-12-7-3-5-9-14(12)16(2)15-10-6-4-8-13(11)15;1-14-12-8-4-2-6-10(12)11-7-3-5-9-13(11)14;1-14(12-8-4-2-5-9-12)13-10-6-3-7-11-13;1-14-10-6-3-2-5-9(10)12-11(14)7-4-8-13-12;8*1-2/h3-12,14H,13H2,1-2H3;2*3-13H,1-2H3;3-11H,1-2H3;2-9H,1H3;2-11H,1H3;2-8H,1H3;8*1-2H3. The molecule has 0 fully saturated rings. The Kier molecular flexibility index (Phi) is 37.1. The second-order valence-corrected chi connectivity index (χ2v) is 34.0. The number of aryl methyl sites for hydroxylation is 4. The van der Waals surface area contributed by atoms with Crippen LogP contribution in [0.25, 0.3) is 121 Å². The first-order chi connectivity index (χ1) is 69.2. The molecule has 2 aliphatic heterocycles. The lowest BCUT2D eigenvalue weighted by atomic mass is 9.86. The summed E-state index contributed by atoms with van der Waals surface area (Å²) in [4.78, 5) is 11.2. The van der Waals surface area contributed by atoms with Gasteiger partial charge in [0, 0.05) is 191 Å². The van der Waals surface area contributed by atoms with Crippen molar-refractivity contribution in [1.29, 1.82) is 0 Å². The van der Waals surface area contributed by atoms with Gasteiger partial charge in [0.15, 0.2) is 0 Å². The van der Waals surface area contributed by atoms with E-state index < -0.39 is 0 Å². The van der Waals surface area contributed by atoms with Gasteiger partial charge in [-0.05, 0) is 198 Å². The van der Waals surface area contributed by atoms with Gasteiger partial charge < -0.3 is 33.0 Å². The van der Waals surface area contributed by atoms with Crippen molar-refractivity contribution in [3.8, 4) is 33.4 Å². The normalized spacial score (nSPS) is 13.1. The molecular weight excluding hydrogens is 1710 g/mol. The molecule has 0 amide bonds. The fraction of sp³-hybridized carbons (Fsp3) is 0.241. The maximum absolute atomic E-state index is 4.41. The molecule has 0 bridgehead atoms. The van der Waals surface area contributed by atoms with Crippen LogP contribution in [0, 0.1) is 0 Å². The smallest absolute Gasteiger partial charge is 0.0959 e. The van der Waals surface area contributed by atoms with Crippen molar-refractivity contribution in [3.63, 3.8) is 0 Å². The number of fused-ring (bicyclic) bond motifs is 27. The Hall–Kier alpha value is -14.7. The maximum atomic E-state index is 4.41. The summed E-state index contributed by atoms with van der Waals surface area (Å²) in [6.07, 6.45) is 2.88. The Morgan fingerprint density at radius 3 is 1.12 bits per heavy atom. The first-order valence-electron chi connectivity index (χ1n) is 51.9. The molecule has 7 heterocycles. The van der Waals surface area contributed by atoms with Crippen LogP contribution in [-0.2, 0) is 34.6 Å². The van der Waals surface area contributed by atoms with Gasteiger partial charge in [0.05, 0.1) is 16.6 Å². The lowest BCUT2D eigenvalue weighted by Gasteiger charge is -2.33. The molecule has 0 N–H and O–H groups in total. The van der Waals surface area contributed by atoms with E-state index >= 15 is 0 Å². The van der Waals surface area contributed by atoms with Gasteiger partial charge >= 0.3 is 0 Å². The van der Waals surface area contributed by atoms with Crippen LogP contribution in [0.5, 0.6) is 0 Å². The molecule has 5 aromatic heterocycles. The fourth-order valence-corrected chi connectivity index (χ4v) is 20.9. The summed E-state index contributed by atoms with van der Waals surface area (Å²) in [5.41, 5.74) is 42.3. The Bertz CT molecular complexity index is 7310. The van der Waals surface area contributed by atoms with Gasteiger partial charge in [-0.1, -0.05) is 405 Å². The Morgan fingerprint density at radius 1 is 0.241 bits per heavy atom. The van der Waals surface area contributed by atoms with Crippen molar-refractivity contribution in [2.45, 2.75) is 169 Å². The number of pyridine rings is 1. The highest BCUT2D eigenvalue weighted by Crippen LogP contribution is 2.54. The van der Waals surface area contributed by atoms with Gasteiger partial charge in [0.25, 0.3) is 0 Å². The molecule has 5 aliphatic rings. The minimum Gasteiger partial charge on any atom is -0.345 e. The molecule has 3 atom stereocenters. The molecule has 3 unspecified atom stereocenters. The van der Waals surface area contributed by atoms with Crippen molar-refractivity contribution in [1.82, 2.24) is 23.3 Å². The van der Waals surface area contributed by atoms with Crippen LogP contribution >= 0.6 is 0 Å². The van der Waals surface area contributed by atoms with Crippen molar-refractivity contribution in [2.24, 2.45) is 28.2 Å². The van der Waals surface area contributed by atoms with Crippen LogP contribution in [0.15, 0.2) is 382 Å². The van der Waals surface area contributed by atoms with Gasteiger partial charge in [0.2, 0.25) is 0 Å². The molecule has 8 heteroatoms. The molecule has 26 rings (SSSR count). The fourth-order valence-electron chi connectivity index (χ4n) is 20.9. The average Bonchev–Trinajstić information content (AvgIpc) is 1.56. The van der Waals surface area contributed by atoms with Gasteiger partial charge in [-0.2, -0.15) is 0 Å². The number of anilines is 6. The van der Waals surface area contributed by atoms with Gasteiger partial charge in [-0.3, -0.25) is 4.98 Å². The summed E-state index contributed by atoms with van der Waals surface area (Å²) in [5, 5.41) is 9.38. The largest absolute Gasteiger partial charge is 0.345 e. The van der Waals surface area contributed by atoms with E-state index in [1.165, 1.54) is 205 Å². The molecule has 16 aromatic carbocycles. The second kappa shape index (κ2) is 49.7. The first-order valence-corrected chi connectivity index (χ1v) is 51.9. The van der Waals surface area contributed by atoms with Crippen LogP contribution in [0.2, 0.25) is 0 Å². The number of hydrogen-bond acceptors (Lipinski definition) is 4. The molecule has 8 nitrogen and oxygen atoms in total. The highest BCUT2D eigenvalue weighted by Gasteiger charge is 2.34. The molecule has 0 saturated heterocycles. The van der Waals surface area contributed by atoms with Crippen LogP contribution in [0.1, 0.15) is 218 Å². The third-order valence-electron chi connectivity index (χ3n) is 27.4. The minimum absolute atomic E-state index is 0.480. The highest BCUT2D eigenvalue weighted by molar-refractivity contribution is 6.17.